The molecule has 0 saturated heterocycles. The summed E-state index contributed by atoms with van der Waals surface area (Å²) in [6, 6.07) is 13.2. The molecule has 3 rings (SSSR count). The van der Waals surface area contributed by atoms with Crippen molar-refractivity contribution < 1.29 is 9.90 Å². The highest BCUT2D eigenvalue weighted by Gasteiger charge is 2.18. The zero-order valence-electron chi connectivity index (χ0n) is 10.4. The van der Waals surface area contributed by atoms with Crippen LogP contribution >= 0.6 is 0 Å². The number of aromatic carboxylic acids is 1. The zero-order chi connectivity index (χ0) is 13.9. The Labute approximate surface area is 115 Å². The van der Waals surface area contributed by atoms with Crippen LogP contribution in [0.5, 0.6) is 0 Å². The van der Waals surface area contributed by atoms with Gasteiger partial charge in [0.05, 0.1) is 12.0 Å². The molecule has 0 aliphatic heterocycles. The van der Waals surface area contributed by atoms with Gasteiger partial charge in [0.15, 0.2) is 5.69 Å². The van der Waals surface area contributed by atoms with Gasteiger partial charge in [0, 0.05) is 17.3 Å². The van der Waals surface area contributed by atoms with Gasteiger partial charge >= 0.3 is 5.97 Å². The molecule has 1 aromatic carbocycles. The Bertz CT molecular complexity index is 751. The lowest BCUT2D eigenvalue weighted by molar-refractivity contribution is 0.0692. The Kier molecular flexibility index (Phi) is 3.01. The van der Waals surface area contributed by atoms with Crippen LogP contribution in [0, 0.1) is 0 Å². The van der Waals surface area contributed by atoms with Crippen LogP contribution in [-0.2, 0) is 0 Å². The minimum Gasteiger partial charge on any atom is -0.477 e. The SMILES string of the molecule is O=C(O)c1[nH]cnc1-c1cccnc1-c1ccccc1. The first kappa shape index (κ1) is 12.1. The third-order valence-corrected chi connectivity index (χ3v) is 2.96. The van der Waals surface area contributed by atoms with E-state index in [4.69, 9.17) is 0 Å². The highest BCUT2D eigenvalue weighted by molar-refractivity contribution is 5.95. The highest BCUT2D eigenvalue weighted by atomic mass is 16.4. The molecule has 0 atom stereocenters. The molecular weight excluding hydrogens is 254 g/mol. The summed E-state index contributed by atoms with van der Waals surface area (Å²) in [5, 5.41) is 9.19. The number of pyridine rings is 1. The summed E-state index contributed by atoms with van der Waals surface area (Å²) < 4.78 is 0. The van der Waals surface area contributed by atoms with Crippen molar-refractivity contribution in [2.75, 3.05) is 0 Å². The number of hydrogen-bond acceptors (Lipinski definition) is 3. The standard InChI is InChI=1S/C15H11N3O2/c19-15(20)14-13(17-9-18-14)11-7-4-8-16-12(11)10-5-2-1-3-6-10/h1-9H,(H,17,18)(H,19,20). The molecule has 0 spiro atoms. The van der Waals surface area contributed by atoms with Crippen molar-refractivity contribution in [3.63, 3.8) is 0 Å². The van der Waals surface area contributed by atoms with Gasteiger partial charge in [-0.2, -0.15) is 0 Å². The molecule has 3 aromatic rings. The summed E-state index contributed by atoms with van der Waals surface area (Å²) >= 11 is 0. The summed E-state index contributed by atoms with van der Waals surface area (Å²) in [6.07, 6.45) is 3.06. The minimum atomic E-state index is -1.04. The number of H-pyrrole nitrogens is 1. The summed E-state index contributed by atoms with van der Waals surface area (Å²) in [7, 11) is 0. The van der Waals surface area contributed by atoms with Crippen LogP contribution in [0.3, 0.4) is 0 Å². The Morgan fingerprint density at radius 2 is 1.80 bits per heavy atom. The van der Waals surface area contributed by atoms with Crippen LogP contribution in [-0.4, -0.2) is 26.0 Å². The van der Waals surface area contributed by atoms with E-state index in [1.165, 1.54) is 6.33 Å². The predicted octanol–water partition coefficient (Wildman–Crippen LogP) is 2.84. The number of carboxylic acid groups (broad SMARTS) is 1. The second-order valence-corrected chi connectivity index (χ2v) is 4.20. The van der Waals surface area contributed by atoms with Crippen LogP contribution in [0.4, 0.5) is 0 Å². The van der Waals surface area contributed by atoms with E-state index < -0.39 is 5.97 Å². The van der Waals surface area contributed by atoms with Crippen LogP contribution in [0.25, 0.3) is 22.5 Å². The van der Waals surface area contributed by atoms with E-state index in [1.54, 1.807) is 12.3 Å². The molecule has 0 radical (unpaired) electrons. The highest BCUT2D eigenvalue weighted by Crippen LogP contribution is 2.30. The van der Waals surface area contributed by atoms with E-state index in [0.717, 1.165) is 5.56 Å². The monoisotopic (exact) mass is 265 g/mol. The molecule has 0 saturated carbocycles. The largest absolute Gasteiger partial charge is 0.477 e. The normalized spacial score (nSPS) is 10.4. The van der Waals surface area contributed by atoms with Crippen molar-refractivity contribution in [1.29, 1.82) is 0 Å². The Hall–Kier alpha value is -2.95. The van der Waals surface area contributed by atoms with Gasteiger partial charge in [-0.3, -0.25) is 4.98 Å². The number of aromatic nitrogens is 3. The lowest BCUT2D eigenvalue weighted by atomic mass is 10.0. The fraction of sp³-hybridized carbons (Fsp3) is 0. The second-order valence-electron chi connectivity index (χ2n) is 4.20. The summed E-state index contributed by atoms with van der Waals surface area (Å²) in [5.41, 5.74) is 2.78. The van der Waals surface area contributed by atoms with Crippen molar-refractivity contribution >= 4 is 5.97 Å². The van der Waals surface area contributed by atoms with Crippen molar-refractivity contribution in [1.82, 2.24) is 15.0 Å². The molecule has 0 unspecified atom stereocenters. The topological polar surface area (TPSA) is 78.9 Å². The summed E-state index contributed by atoms with van der Waals surface area (Å²) in [5.74, 6) is -1.04. The Balaban J connectivity index is 2.21. The first-order valence-electron chi connectivity index (χ1n) is 6.05. The van der Waals surface area contributed by atoms with Crippen LogP contribution in [0.2, 0.25) is 0 Å². The van der Waals surface area contributed by atoms with Gasteiger partial charge in [0.25, 0.3) is 0 Å². The molecular formula is C15H11N3O2. The third kappa shape index (κ3) is 2.05. The molecule has 2 N–H and O–H groups in total. The molecule has 0 bridgehead atoms. The molecule has 0 aliphatic rings. The molecule has 0 amide bonds. The van der Waals surface area contributed by atoms with Gasteiger partial charge in [-0.25, -0.2) is 9.78 Å². The molecule has 5 nitrogen and oxygen atoms in total. The third-order valence-electron chi connectivity index (χ3n) is 2.96. The van der Waals surface area contributed by atoms with Crippen LogP contribution in [0.15, 0.2) is 55.0 Å². The molecule has 5 heteroatoms. The Morgan fingerprint density at radius 1 is 1.00 bits per heavy atom. The maximum Gasteiger partial charge on any atom is 0.354 e. The second kappa shape index (κ2) is 4.97. The fourth-order valence-electron chi connectivity index (χ4n) is 2.08. The lowest BCUT2D eigenvalue weighted by Gasteiger charge is -2.07. The van der Waals surface area contributed by atoms with Gasteiger partial charge in [-0.05, 0) is 12.1 Å². The smallest absolute Gasteiger partial charge is 0.354 e. The minimum absolute atomic E-state index is 0.0650. The van der Waals surface area contributed by atoms with E-state index in [-0.39, 0.29) is 5.69 Å². The number of nitrogens with one attached hydrogen (secondary N) is 1. The maximum atomic E-state index is 11.2. The molecule has 20 heavy (non-hydrogen) atoms. The molecule has 0 fully saturated rings. The predicted molar refractivity (Wildman–Crippen MR) is 74.2 cm³/mol. The van der Waals surface area contributed by atoms with Crippen molar-refractivity contribution in [2.24, 2.45) is 0 Å². The number of imidazole rings is 1. The molecule has 98 valence electrons. The Morgan fingerprint density at radius 3 is 2.55 bits per heavy atom. The average molecular weight is 265 g/mol. The van der Waals surface area contributed by atoms with Crippen LogP contribution in [0.1, 0.15) is 10.5 Å². The van der Waals surface area contributed by atoms with Crippen molar-refractivity contribution in [3.8, 4) is 22.5 Å². The first-order valence-corrected chi connectivity index (χ1v) is 6.05. The van der Waals surface area contributed by atoms with Gasteiger partial charge in [-0.1, -0.05) is 30.3 Å². The molecule has 0 aliphatic carbocycles. The van der Waals surface area contributed by atoms with E-state index in [9.17, 15) is 9.90 Å². The number of nitrogens with zero attached hydrogens (tertiary/aromatic N) is 2. The van der Waals surface area contributed by atoms with E-state index in [2.05, 4.69) is 15.0 Å². The average Bonchev–Trinajstić information content (AvgIpc) is 2.98. The van der Waals surface area contributed by atoms with E-state index >= 15 is 0 Å². The van der Waals surface area contributed by atoms with Crippen molar-refractivity contribution in [3.05, 3.63) is 60.7 Å². The zero-order valence-corrected chi connectivity index (χ0v) is 10.4. The van der Waals surface area contributed by atoms with Gasteiger partial charge in [0.2, 0.25) is 0 Å². The number of benzene rings is 1. The van der Waals surface area contributed by atoms with Gasteiger partial charge in [0.1, 0.15) is 5.69 Å². The fourth-order valence-corrected chi connectivity index (χ4v) is 2.08. The quantitative estimate of drug-likeness (QED) is 0.763. The van der Waals surface area contributed by atoms with E-state index in [0.29, 0.717) is 17.0 Å². The van der Waals surface area contributed by atoms with Crippen molar-refractivity contribution in [2.45, 2.75) is 0 Å². The summed E-state index contributed by atoms with van der Waals surface area (Å²) in [4.78, 5) is 22.3. The number of rotatable bonds is 3. The number of carbonyl (C=O) groups is 1. The van der Waals surface area contributed by atoms with E-state index in [1.807, 2.05) is 36.4 Å². The first-order chi connectivity index (χ1) is 9.77. The van der Waals surface area contributed by atoms with Gasteiger partial charge in [-0.15, -0.1) is 0 Å². The number of hydrogen-bond donors (Lipinski definition) is 2. The maximum absolute atomic E-state index is 11.2. The molecule has 2 aromatic heterocycles. The van der Waals surface area contributed by atoms with Crippen LogP contribution < -0.4 is 0 Å². The van der Waals surface area contributed by atoms with Gasteiger partial charge < -0.3 is 10.1 Å². The summed E-state index contributed by atoms with van der Waals surface area (Å²) in [6.45, 7) is 0. The number of aromatic amines is 1. The molecule has 2 heterocycles. The number of carboxylic acids is 1. The lowest BCUT2D eigenvalue weighted by Crippen LogP contribution is -2.00.